The zero-order valence-corrected chi connectivity index (χ0v) is 11.6. The molecule has 1 aliphatic carbocycles. The molecular weight excluding hydrogens is 274 g/mol. The van der Waals surface area contributed by atoms with Crippen LogP contribution in [0.1, 0.15) is 25.0 Å². The molecule has 0 unspecified atom stereocenters. The molecule has 0 amide bonds. The maximum Gasteiger partial charge on any atom is 0.151 e. The first-order valence-corrected chi connectivity index (χ1v) is 7.05. The Hall–Kier alpha value is -1.79. The van der Waals surface area contributed by atoms with E-state index in [-0.39, 0.29) is 11.2 Å². The van der Waals surface area contributed by atoms with Crippen LogP contribution in [0.4, 0.5) is 8.78 Å². The van der Waals surface area contributed by atoms with Gasteiger partial charge >= 0.3 is 0 Å². The fourth-order valence-corrected chi connectivity index (χ4v) is 2.50. The minimum atomic E-state index is -0.631. The second kappa shape index (κ2) is 5.54. The van der Waals surface area contributed by atoms with Crippen molar-refractivity contribution in [1.29, 1.82) is 0 Å². The zero-order valence-electron chi connectivity index (χ0n) is 11.6. The van der Waals surface area contributed by atoms with Crippen molar-refractivity contribution in [3.05, 3.63) is 47.8 Å². The summed E-state index contributed by atoms with van der Waals surface area (Å²) in [5, 5.41) is 7.56. The van der Waals surface area contributed by atoms with E-state index >= 15 is 0 Å². The summed E-state index contributed by atoms with van der Waals surface area (Å²) in [6, 6.07) is 5.24. The second-order valence-electron chi connectivity index (χ2n) is 5.67. The van der Waals surface area contributed by atoms with Crippen LogP contribution in [0.25, 0.3) is 5.69 Å². The number of halogens is 2. The minimum absolute atomic E-state index is 0.0777. The largest absolute Gasteiger partial charge is 0.324 e. The summed E-state index contributed by atoms with van der Waals surface area (Å²) in [6.07, 6.45) is 4.95. The van der Waals surface area contributed by atoms with Gasteiger partial charge in [0.2, 0.25) is 0 Å². The molecule has 6 heteroatoms. The van der Waals surface area contributed by atoms with Gasteiger partial charge in [0.1, 0.15) is 11.5 Å². The number of hydrogen-bond donors (Lipinski definition) is 2. The van der Waals surface area contributed by atoms with Gasteiger partial charge in [-0.3, -0.25) is 0 Å². The van der Waals surface area contributed by atoms with Crippen molar-refractivity contribution < 1.29 is 8.78 Å². The smallest absolute Gasteiger partial charge is 0.151 e. The molecule has 1 aliphatic rings. The van der Waals surface area contributed by atoms with E-state index in [4.69, 9.17) is 5.73 Å². The summed E-state index contributed by atoms with van der Waals surface area (Å²) in [5.41, 5.74) is 7.07. The normalized spacial score (nSPS) is 16.7. The van der Waals surface area contributed by atoms with Crippen LogP contribution in [0.3, 0.4) is 0 Å². The molecule has 2 aromatic rings. The van der Waals surface area contributed by atoms with Crippen molar-refractivity contribution in [3.8, 4) is 5.69 Å². The lowest BCUT2D eigenvalue weighted by Gasteiger charge is -2.38. The number of aromatic nitrogens is 2. The zero-order chi connectivity index (χ0) is 14.9. The molecule has 21 heavy (non-hydrogen) atoms. The average molecular weight is 292 g/mol. The molecule has 0 bridgehead atoms. The van der Waals surface area contributed by atoms with Crippen molar-refractivity contribution in [2.75, 3.05) is 6.54 Å². The van der Waals surface area contributed by atoms with Crippen LogP contribution in [-0.4, -0.2) is 21.9 Å². The lowest BCUT2D eigenvalue weighted by atomic mass is 9.78. The molecule has 0 radical (unpaired) electrons. The molecule has 4 nitrogen and oxygen atoms in total. The van der Waals surface area contributed by atoms with E-state index in [1.54, 1.807) is 12.3 Å². The first-order chi connectivity index (χ1) is 10.1. The Kier molecular flexibility index (Phi) is 3.73. The van der Waals surface area contributed by atoms with Gasteiger partial charge in [0.25, 0.3) is 0 Å². The fourth-order valence-electron chi connectivity index (χ4n) is 2.50. The quantitative estimate of drug-likeness (QED) is 0.887. The highest BCUT2D eigenvalue weighted by atomic mass is 19.1. The summed E-state index contributed by atoms with van der Waals surface area (Å²) in [7, 11) is 0. The van der Waals surface area contributed by atoms with E-state index in [1.807, 2.05) is 0 Å². The Morgan fingerprint density at radius 2 is 2.10 bits per heavy atom. The summed E-state index contributed by atoms with van der Waals surface area (Å²) >= 11 is 0. The van der Waals surface area contributed by atoms with Gasteiger partial charge < -0.3 is 11.1 Å². The van der Waals surface area contributed by atoms with Crippen LogP contribution in [-0.2, 0) is 6.54 Å². The van der Waals surface area contributed by atoms with Gasteiger partial charge in [-0.15, -0.1) is 0 Å². The molecule has 1 aromatic carbocycles. The molecular formula is C15H18F2N4. The Labute approximate surface area is 122 Å². The van der Waals surface area contributed by atoms with Gasteiger partial charge in [0.15, 0.2) is 5.82 Å². The third-order valence-corrected chi connectivity index (χ3v) is 3.93. The SMILES string of the molecule is NC1(CNCc2ccn(-c3ccc(F)cc3F)n2)CCC1. The van der Waals surface area contributed by atoms with E-state index in [9.17, 15) is 8.78 Å². The van der Waals surface area contributed by atoms with Crippen LogP contribution in [0.2, 0.25) is 0 Å². The van der Waals surface area contributed by atoms with Gasteiger partial charge in [-0.05, 0) is 37.5 Å². The molecule has 1 heterocycles. The van der Waals surface area contributed by atoms with E-state index in [2.05, 4.69) is 10.4 Å². The molecule has 112 valence electrons. The van der Waals surface area contributed by atoms with E-state index in [0.717, 1.165) is 31.1 Å². The molecule has 3 rings (SSSR count). The first kappa shape index (κ1) is 14.2. The Balaban J connectivity index is 1.63. The predicted octanol–water partition coefficient (Wildman–Crippen LogP) is 2.12. The fraction of sp³-hybridized carbons (Fsp3) is 0.400. The average Bonchev–Trinajstić information content (AvgIpc) is 2.85. The van der Waals surface area contributed by atoms with Crippen molar-refractivity contribution in [1.82, 2.24) is 15.1 Å². The van der Waals surface area contributed by atoms with Crippen LogP contribution in [0.15, 0.2) is 30.5 Å². The summed E-state index contributed by atoms with van der Waals surface area (Å²) < 4.78 is 28.0. The number of benzene rings is 1. The Bertz CT molecular complexity index is 634. The topological polar surface area (TPSA) is 55.9 Å². The molecule has 0 atom stereocenters. The highest BCUT2D eigenvalue weighted by Gasteiger charge is 2.31. The molecule has 0 spiro atoms. The molecule has 1 saturated carbocycles. The Morgan fingerprint density at radius 1 is 1.29 bits per heavy atom. The van der Waals surface area contributed by atoms with E-state index in [0.29, 0.717) is 6.54 Å². The lowest BCUT2D eigenvalue weighted by molar-refractivity contribution is 0.238. The number of nitrogens with two attached hydrogens (primary N) is 1. The van der Waals surface area contributed by atoms with Crippen LogP contribution in [0.5, 0.6) is 0 Å². The van der Waals surface area contributed by atoms with Gasteiger partial charge in [0.05, 0.1) is 5.69 Å². The highest BCUT2D eigenvalue weighted by Crippen LogP contribution is 2.28. The standard InChI is InChI=1S/C15H18F2N4/c16-11-2-3-14(13(17)8-11)21-7-4-12(20-21)9-19-10-15(18)5-1-6-15/h2-4,7-8,19H,1,5-6,9-10,18H2. The van der Waals surface area contributed by atoms with E-state index in [1.165, 1.54) is 23.2 Å². The number of hydrogen-bond acceptors (Lipinski definition) is 3. The third kappa shape index (κ3) is 3.11. The van der Waals surface area contributed by atoms with E-state index < -0.39 is 11.6 Å². The summed E-state index contributed by atoms with van der Waals surface area (Å²) in [4.78, 5) is 0. The molecule has 3 N–H and O–H groups in total. The van der Waals surface area contributed by atoms with Crippen LogP contribution in [0, 0.1) is 11.6 Å². The van der Waals surface area contributed by atoms with Crippen molar-refractivity contribution in [2.45, 2.75) is 31.3 Å². The summed E-state index contributed by atoms with van der Waals surface area (Å²) in [5.74, 6) is -1.23. The van der Waals surface area contributed by atoms with Crippen molar-refractivity contribution in [3.63, 3.8) is 0 Å². The molecule has 1 fully saturated rings. The predicted molar refractivity (Wildman–Crippen MR) is 76.0 cm³/mol. The molecule has 1 aromatic heterocycles. The van der Waals surface area contributed by atoms with Gasteiger partial charge in [-0.2, -0.15) is 5.10 Å². The first-order valence-electron chi connectivity index (χ1n) is 7.05. The lowest BCUT2D eigenvalue weighted by Crippen LogP contribution is -2.53. The number of nitrogens with one attached hydrogen (secondary N) is 1. The summed E-state index contributed by atoms with van der Waals surface area (Å²) in [6.45, 7) is 1.33. The maximum atomic E-state index is 13.7. The van der Waals surface area contributed by atoms with Crippen LogP contribution >= 0.6 is 0 Å². The molecule has 0 aliphatic heterocycles. The van der Waals surface area contributed by atoms with Crippen molar-refractivity contribution in [2.24, 2.45) is 5.73 Å². The third-order valence-electron chi connectivity index (χ3n) is 3.93. The highest BCUT2D eigenvalue weighted by molar-refractivity contribution is 5.33. The van der Waals surface area contributed by atoms with Crippen molar-refractivity contribution >= 4 is 0 Å². The maximum absolute atomic E-state index is 13.7. The number of nitrogens with zero attached hydrogens (tertiary/aromatic N) is 2. The van der Waals surface area contributed by atoms with Gasteiger partial charge in [0, 0.05) is 30.9 Å². The number of rotatable bonds is 5. The Morgan fingerprint density at radius 3 is 2.76 bits per heavy atom. The minimum Gasteiger partial charge on any atom is -0.324 e. The second-order valence-corrected chi connectivity index (χ2v) is 5.67. The molecule has 0 saturated heterocycles. The monoisotopic (exact) mass is 292 g/mol. The van der Waals surface area contributed by atoms with Crippen LogP contribution < -0.4 is 11.1 Å². The van der Waals surface area contributed by atoms with Gasteiger partial charge in [-0.25, -0.2) is 13.5 Å². The van der Waals surface area contributed by atoms with Gasteiger partial charge in [-0.1, -0.05) is 0 Å².